The van der Waals surface area contributed by atoms with Crippen LogP contribution in [-0.4, -0.2) is 43.3 Å². The fourth-order valence-electron chi connectivity index (χ4n) is 3.38. The number of benzene rings is 2. The molecule has 204 valence electrons. The quantitative estimate of drug-likeness (QED) is 0.152. The average Bonchev–Trinajstić information content (AvgIpc) is 2.88. The Labute approximate surface area is 233 Å². The Balaban J connectivity index is 0.000000555. The Kier molecular flexibility index (Phi) is 22.7. The zero-order chi connectivity index (χ0) is 27.7. The van der Waals surface area contributed by atoms with Crippen LogP contribution in [0.1, 0.15) is 112 Å². The molecule has 2 N–H and O–H groups in total. The summed E-state index contributed by atoms with van der Waals surface area (Å²) in [7, 11) is 0. The van der Waals surface area contributed by atoms with Gasteiger partial charge < -0.3 is 20.4 Å². The SMILES string of the molecule is CCCCCCC[CH2][Sn+2][CH2]CCCCCCC.O=C(O)c1ccc([O-])cc1.O=C(O)c1ccc([O-])cc1. The number of rotatable bonds is 16. The molecule has 0 saturated heterocycles. The topological polar surface area (TPSA) is 121 Å². The van der Waals surface area contributed by atoms with E-state index < -0.39 is 11.9 Å². The summed E-state index contributed by atoms with van der Waals surface area (Å²) in [4.78, 5) is 20.4. The molecule has 2 aromatic rings. The monoisotopic (exact) mass is 620 g/mol. The minimum Gasteiger partial charge on any atom is -0.872 e. The Morgan fingerprint density at radius 1 is 0.568 bits per heavy atom. The molecular formula is C30H44O6Sn. The van der Waals surface area contributed by atoms with Gasteiger partial charge in [-0.2, -0.15) is 0 Å². The molecule has 7 heteroatoms. The van der Waals surface area contributed by atoms with Crippen molar-refractivity contribution in [2.75, 3.05) is 0 Å². The van der Waals surface area contributed by atoms with Crippen LogP contribution >= 0.6 is 0 Å². The van der Waals surface area contributed by atoms with E-state index in [1.54, 1.807) is 21.7 Å². The van der Waals surface area contributed by atoms with Crippen molar-refractivity contribution in [3.05, 3.63) is 59.7 Å². The average molecular weight is 619 g/mol. The third-order valence-corrected chi connectivity index (χ3v) is 9.65. The molecule has 0 aliphatic rings. The van der Waals surface area contributed by atoms with Crippen molar-refractivity contribution in [2.45, 2.75) is 99.8 Å². The maximum Gasteiger partial charge on any atom is 0.335 e. The van der Waals surface area contributed by atoms with Crippen LogP contribution in [0.15, 0.2) is 48.5 Å². The molecule has 0 radical (unpaired) electrons. The van der Waals surface area contributed by atoms with Crippen LogP contribution in [0.4, 0.5) is 0 Å². The third kappa shape index (κ3) is 21.6. The number of hydrogen-bond donors (Lipinski definition) is 2. The van der Waals surface area contributed by atoms with Gasteiger partial charge in [-0.05, 0) is 24.3 Å². The van der Waals surface area contributed by atoms with Crippen LogP contribution in [0.5, 0.6) is 11.5 Å². The normalized spacial score (nSPS) is 9.78. The first-order valence-corrected chi connectivity index (χ1v) is 17.6. The summed E-state index contributed by atoms with van der Waals surface area (Å²) in [6, 6.07) is 10.0. The van der Waals surface area contributed by atoms with Crippen LogP contribution in [0.3, 0.4) is 0 Å². The van der Waals surface area contributed by atoms with Crippen molar-refractivity contribution in [1.29, 1.82) is 0 Å². The number of hydrogen-bond acceptors (Lipinski definition) is 4. The van der Waals surface area contributed by atoms with Crippen LogP contribution < -0.4 is 10.2 Å². The molecule has 0 fully saturated rings. The molecule has 2 aromatic carbocycles. The van der Waals surface area contributed by atoms with Crippen molar-refractivity contribution in [3.8, 4) is 11.5 Å². The van der Waals surface area contributed by atoms with Gasteiger partial charge in [-0.15, -0.1) is 11.5 Å². The Morgan fingerprint density at radius 3 is 1.16 bits per heavy atom. The number of aromatic carboxylic acids is 2. The Bertz CT molecular complexity index is 751. The van der Waals surface area contributed by atoms with E-state index in [4.69, 9.17) is 10.2 Å². The van der Waals surface area contributed by atoms with Crippen molar-refractivity contribution in [3.63, 3.8) is 0 Å². The molecule has 0 atom stereocenters. The van der Waals surface area contributed by atoms with Gasteiger partial charge in [0.2, 0.25) is 0 Å². The van der Waals surface area contributed by atoms with Gasteiger partial charge >= 0.3 is 133 Å². The van der Waals surface area contributed by atoms with Gasteiger partial charge in [0.25, 0.3) is 0 Å². The molecule has 0 bridgehead atoms. The van der Waals surface area contributed by atoms with Crippen molar-refractivity contribution >= 4 is 33.1 Å². The van der Waals surface area contributed by atoms with Gasteiger partial charge in [-0.25, -0.2) is 9.59 Å². The van der Waals surface area contributed by atoms with Gasteiger partial charge in [0.15, 0.2) is 0 Å². The van der Waals surface area contributed by atoms with E-state index in [0.717, 1.165) is 0 Å². The summed E-state index contributed by atoms with van der Waals surface area (Å²) in [6.07, 6.45) is 17.8. The molecule has 0 aliphatic carbocycles. The first-order chi connectivity index (χ1) is 17.8. The van der Waals surface area contributed by atoms with Crippen molar-refractivity contribution < 1.29 is 30.0 Å². The van der Waals surface area contributed by atoms with Gasteiger partial charge in [-0.1, -0.05) is 24.3 Å². The number of carboxylic acid groups (broad SMARTS) is 2. The summed E-state index contributed by atoms with van der Waals surface area (Å²) in [5.74, 6) is -2.38. The minimum atomic E-state index is -1.01. The van der Waals surface area contributed by atoms with E-state index in [0.29, 0.717) is 0 Å². The molecule has 2 rings (SSSR count). The van der Waals surface area contributed by atoms with Gasteiger partial charge in [0.05, 0.1) is 11.1 Å². The summed E-state index contributed by atoms with van der Waals surface area (Å²) in [5.41, 5.74) is 0.277. The standard InChI is InChI=1S/2C8H17.2C7H6O3.Sn/c2*1-3-5-7-8-6-4-2;2*8-6-3-1-5(2-4-6)7(9)10;/h2*1,3-8H2,2H3;2*1-4,8H,(H,9,10);/q;;;;+2/p-2. The zero-order valence-corrected chi connectivity index (χ0v) is 25.4. The molecule has 0 amide bonds. The van der Waals surface area contributed by atoms with Crippen LogP contribution in [0, 0.1) is 0 Å². The van der Waals surface area contributed by atoms with Crippen molar-refractivity contribution in [2.24, 2.45) is 0 Å². The molecular weight excluding hydrogens is 575 g/mol. The minimum absolute atomic E-state index is 0.0736. The third-order valence-electron chi connectivity index (χ3n) is 5.62. The van der Waals surface area contributed by atoms with Gasteiger partial charge in [0, 0.05) is 0 Å². The second-order valence-corrected chi connectivity index (χ2v) is 13.2. The van der Waals surface area contributed by atoms with E-state index in [1.165, 1.54) is 113 Å². The fourth-order valence-corrected chi connectivity index (χ4v) is 6.95. The molecule has 0 saturated carbocycles. The van der Waals surface area contributed by atoms with Crippen LogP contribution in [0.2, 0.25) is 8.87 Å². The largest absolute Gasteiger partial charge is 0.872 e. The van der Waals surface area contributed by atoms with Gasteiger partial charge in [-0.3, -0.25) is 0 Å². The summed E-state index contributed by atoms with van der Waals surface area (Å²) < 4.78 is 3.31. The molecule has 0 heterocycles. The van der Waals surface area contributed by atoms with E-state index in [1.807, 2.05) is 0 Å². The molecule has 0 aliphatic heterocycles. The second kappa shape index (κ2) is 24.1. The molecule has 0 unspecified atom stereocenters. The van der Waals surface area contributed by atoms with E-state index in [9.17, 15) is 19.8 Å². The fraction of sp³-hybridized carbons (Fsp3) is 0.533. The molecule has 0 spiro atoms. The predicted octanol–water partition coefficient (Wildman–Crippen LogP) is 7.17. The zero-order valence-electron chi connectivity index (χ0n) is 22.5. The first-order valence-electron chi connectivity index (χ1n) is 13.5. The number of unbranched alkanes of at least 4 members (excludes halogenated alkanes) is 10. The maximum absolute atomic E-state index is 10.5. The second-order valence-electron chi connectivity index (χ2n) is 8.94. The molecule has 0 aromatic heterocycles. The first kappa shape index (κ1) is 34.8. The number of carbonyl (C=O) groups is 2. The van der Waals surface area contributed by atoms with Crippen LogP contribution in [0.25, 0.3) is 0 Å². The Hall–Kier alpha value is -2.22. The van der Waals surface area contributed by atoms with Crippen LogP contribution in [-0.2, 0) is 0 Å². The van der Waals surface area contributed by atoms with Gasteiger partial charge in [0.1, 0.15) is 0 Å². The molecule has 6 nitrogen and oxygen atoms in total. The maximum atomic E-state index is 10.5. The smallest absolute Gasteiger partial charge is 0.335 e. The Morgan fingerprint density at radius 2 is 0.865 bits per heavy atom. The van der Waals surface area contributed by atoms with E-state index in [-0.39, 0.29) is 43.8 Å². The summed E-state index contributed by atoms with van der Waals surface area (Å²) >= 11 is 0.0736. The number of carboxylic acids is 2. The van der Waals surface area contributed by atoms with Crippen molar-refractivity contribution in [1.82, 2.24) is 0 Å². The summed E-state index contributed by atoms with van der Waals surface area (Å²) in [5, 5.41) is 37.6. The molecule has 37 heavy (non-hydrogen) atoms. The predicted molar refractivity (Wildman–Crippen MR) is 148 cm³/mol. The van der Waals surface area contributed by atoms with E-state index in [2.05, 4.69) is 13.8 Å². The summed E-state index contributed by atoms with van der Waals surface area (Å²) in [6.45, 7) is 4.60. The van der Waals surface area contributed by atoms with E-state index >= 15 is 0 Å².